The van der Waals surface area contributed by atoms with Gasteiger partial charge < -0.3 is 15.3 Å². The number of quaternary nitrogens is 2. The molecule has 0 radical (unpaired) electrons. The second-order valence-electron chi connectivity index (χ2n) is 5.71. The lowest BCUT2D eigenvalue weighted by atomic mass is 10.1. The molecule has 2 aromatic rings. The number of hydrogen-bond acceptors (Lipinski definition) is 6. The summed E-state index contributed by atoms with van der Waals surface area (Å²) in [5, 5.41) is 28.0. The van der Waals surface area contributed by atoms with E-state index in [0.717, 1.165) is 42.4 Å². The van der Waals surface area contributed by atoms with Gasteiger partial charge in [0.2, 0.25) is 5.69 Å². The first-order valence-corrected chi connectivity index (χ1v) is 8.80. The van der Waals surface area contributed by atoms with Crippen LogP contribution in [0.2, 0.25) is 0 Å². The number of aromatic hydroxyl groups is 1. The van der Waals surface area contributed by atoms with Crippen LogP contribution in [0.4, 0.5) is 11.4 Å². The number of likely N-dealkylation sites (N-methyl/N-ethyl adjacent to an activating group) is 1. The second-order valence-corrected chi connectivity index (χ2v) is 5.71. The summed E-state index contributed by atoms with van der Waals surface area (Å²) >= 11 is 0. The Morgan fingerprint density at radius 1 is 1.23 bits per heavy atom. The summed E-state index contributed by atoms with van der Waals surface area (Å²) in [7, 11) is 1.51. The van der Waals surface area contributed by atoms with Crippen LogP contribution in [0.1, 0.15) is 13.8 Å². The lowest BCUT2D eigenvalue weighted by Crippen LogP contribution is -2.74. The minimum absolute atomic E-state index is 0.0937. The average Bonchev–Trinajstić information content (AvgIpc) is 2.65. The summed E-state index contributed by atoms with van der Waals surface area (Å²) in [6.45, 7) is 8.86. The van der Waals surface area contributed by atoms with E-state index in [4.69, 9.17) is 0 Å². The molecule has 2 aromatic carbocycles. The molecule has 0 aromatic heterocycles. The number of benzene rings is 2. The number of hydrogen-bond donors (Lipinski definition) is 6. The maximum atomic E-state index is 10.3. The van der Waals surface area contributed by atoms with Gasteiger partial charge in [-0.05, 0) is 24.5 Å². The highest BCUT2D eigenvalue weighted by molar-refractivity contribution is 5.96. The molecule has 26 heavy (non-hydrogen) atoms. The summed E-state index contributed by atoms with van der Waals surface area (Å²) in [4.78, 5) is 6.35. The van der Waals surface area contributed by atoms with Crippen LogP contribution in [0.3, 0.4) is 0 Å². The maximum Gasteiger partial charge on any atom is 0.227 e. The largest absolute Gasteiger partial charge is 0.502 e. The van der Waals surface area contributed by atoms with Gasteiger partial charge in [-0.15, -0.1) is 0 Å². The van der Waals surface area contributed by atoms with E-state index in [-0.39, 0.29) is 5.75 Å². The van der Waals surface area contributed by atoms with Crippen molar-refractivity contribution < 1.29 is 26.5 Å². The number of anilines is 1. The molecule has 0 atom stereocenters. The molecule has 8 heteroatoms. The molecule has 0 fully saturated rings. The fraction of sp³-hybridized carbons (Fsp3) is 0.444. The molecule has 146 valence electrons. The van der Waals surface area contributed by atoms with E-state index in [2.05, 4.69) is 40.1 Å². The highest BCUT2D eigenvalue weighted by atomic mass is 16.6. The molecule has 0 saturated heterocycles. The van der Waals surface area contributed by atoms with Crippen molar-refractivity contribution >= 4 is 22.1 Å². The van der Waals surface area contributed by atoms with Crippen molar-refractivity contribution in [2.24, 2.45) is 0 Å². The first-order valence-electron chi connectivity index (χ1n) is 8.80. The van der Waals surface area contributed by atoms with Gasteiger partial charge in [0, 0.05) is 18.5 Å². The van der Waals surface area contributed by atoms with Crippen LogP contribution >= 0.6 is 0 Å². The Morgan fingerprint density at radius 3 is 2.50 bits per heavy atom. The van der Waals surface area contributed by atoms with E-state index >= 15 is 0 Å². The van der Waals surface area contributed by atoms with E-state index < -0.39 is 0 Å². The molecule has 9 N–H and O–H groups in total. The van der Waals surface area contributed by atoms with Crippen molar-refractivity contribution in [3.8, 4) is 5.75 Å². The first kappa shape index (κ1) is 22.1. The Morgan fingerprint density at radius 2 is 1.88 bits per heavy atom. The Hall–Kier alpha value is -1.94. The van der Waals surface area contributed by atoms with Crippen LogP contribution in [0.25, 0.3) is 10.8 Å². The zero-order valence-corrected chi connectivity index (χ0v) is 16.0. The molecule has 8 nitrogen and oxygen atoms in total. The van der Waals surface area contributed by atoms with E-state index in [1.807, 2.05) is 30.3 Å². The maximum absolute atomic E-state index is 10.3. The molecule has 0 spiro atoms. The fourth-order valence-corrected chi connectivity index (χ4v) is 2.64. The normalized spacial score (nSPS) is 10.7. The van der Waals surface area contributed by atoms with Gasteiger partial charge in [-0.2, -0.15) is 5.48 Å². The molecule has 0 bridgehead atoms. The van der Waals surface area contributed by atoms with Crippen molar-refractivity contribution in [2.75, 3.05) is 45.3 Å². The zero-order chi connectivity index (χ0) is 19.4. The molecule has 0 saturated carbocycles. The molecule has 0 heterocycles. The van der Waals surface area contributed by atoms with Crippen molar-refractivity contribution in [1.82, 2.24) is 10.2 Å². The number of phenols is 1. The Balaban J connectivity index is 0.00000105. The lowest BCUT2D eigenvalue weighted by Gasteiger charge is -2.18. The highest BCUT2D eigenvalue weighted by Gasteiger charge is 2.15. The van der Waals surface area contributed by atoms with Crippen LogP contribution in [-0.2, 0) is 4.84 Å². The number of nitrogens with one attached hydrogen (secondary N) is 2. The Kier molecular flexibility index (Phi) is 10.6. The van der Waals surface area contributed by atoms with Crippen LogP contribution < -0.4 is 22.0 Å². The molecule has 2 rings (SSSR count). The Bertz CT molecular complexity index is 650. The minimum atomic E-state index is 0.0937. The highest BCUT2D eigenvalue weighted by Crippen LogP contribution is 2.35. The monoisotopic (exact) mass is 367 g/mol. The van der Waals surface area contributed by atoms with Gasteiger partial charge in [-0.3, -0.25) is 5.32 Å². The van der Waals surface area contributed by atoms with Crippen molar-refractivity contribution in [1.29, 1.82) is 0 Å². The number of rotatable bonds is 9. The molecule has 0 unspecified atom stereocenters. The number of nitrogens with two attached hydrogens (primary N) is 1. The zero-order valence-electron chi connectivity index (χ0n) is 16.0. The third-order valence-electron chi connectivity index (χ3n) is 4.09. The van der Waals surface area contributed by atoms with Crippen molar-refractivity contribution in [3.05, 3.63) is 30.3 Å². The third kappa shape index (κ3) is 6.41. The standard InChI is InChI=1S/C17H26N4O2.CH6NO/c1-3-21(4-2)10-9-18-12-19-15-11-13-7-5-6-8-14(13)17(22)16(15)20-23;1-3-2/h5-8,11,18-20,22-23H,3-4,9-10,12H2,1-2H3;1-2H3/q;+1/p+1. The van der Waals surface area contributed by atoms with Gasteiger partial charge in [0.1, 0.15) is 5.69 Å². The predicted molar refractivity (Wildman–Crippen MR) is 103 cm³/mol. The predicted octanol–water partition coefficient (Wildman–Crippen LogP) is 0.220. The van der Waals surface area contributed by atoms with Gasteiger partial charge in [0.25, 0.3) is 0 Å². The van der Waals surface area contributed by atoms with E-state index in [0.29, 0.717) is 18.0 Å². The van der Waals surface area contributed by atoms with Crippen molar-refractivity contribution in [2.45, 2.75) is 13.8 Å². The summed E-state index contributed by atoms with van der Waals surface area (Å²) in [6, 6.07) is 9.50. The summed E-state index contributed by atoms with van der Waals surface area (Å²) < 4.78 is 0. The van der Waals surface area contributed by atoms with Gasteiger partial charge in [-0.1, -0.05) is 38.1 Å². The van der Waals surface area contributed by atoms with Crippen LogP contribution in [-0.4, -0.2) is 55.2 Å². The fourth-order valence-electron chi connectivity index (χ4n) is 2.64. The molecular weight excluding hydrogens is 334 g/mol. The number of fused-ring (bicyclic) bond motifs is 1. The van der Waals surface area contributed by atoms with E-state index in [1.54, 1.807) is 0 Å². The van der Waals surface area contributed by atoms with E-state index in [9.17, 15) is 10.3 Å². The van der Waals surface area contributed by atoms with Gasteiger partial charge >= 0.3 is 0 Å². The number of nitrogens with zero attached hydrogens (tertiary/aromatic N) is 1. The lowest BCUT2D eigenvalue weighted by molar-refractivity contribution is -0.825. The van der Waals surface area contributed by atoms with Crippen molar-refractivity contribution in [3.63, 3.8) is 0 Å². The smallest absolute Gasteiger partial charge is 0.227 e. The third-order valence-corrected chi connectivity index (χ3v) is 4.09. The Labute approximate surface area is 154 Å². The molecule has 0 aliphatic rings. The van der Waals surface area contributed by atoms with Crippen LogP contribution in [0.15, 0.2) is 30.3 Å². The molecular formula is C18H33N5O3+2. The van der Waals surface area contributed by atoms with Crippen LogP contribution in [0.5, 0.6) is 5.75 Å². The molecule has 0 amide bonds. The van der Waals surface area contributed by atoms with Crippen LogP contribution in [0, 0.1) is 0 Å². The quantitative estimate of drug-likeness (QED) is 0.124. The summed E-state index contributed by atoms with van der Waals surface area (Å²) in [5.74, 6) is 3.08. The molecule has 0 aliphatic heterocycles. The van der Waals surface area contributed by atoms with Gasteiger partial charge in [0.05, 0.1) is 13.8 Å². The summed E-state index contributed by atoms with van der Waals surface area (Å²) in [6.07, 6.45) is 0. The topological polar surface area (TPSA) is 121 Å². The number of phenolic OH excluding ortho intramolecular Hbond substituents is 1. The summed E-state index contributed by atoms with van der Waals surface area (Å²) in [5.41, 5.74) is 2.06. The SMILES string of the molecule is CCN(CC)CCNCNc1cc2ccccc2c(O)c1[NH2+]O.CO[NH3+]. The van der Waals surface area contributed by atoms with E-state index in [1.165, 1.54) is 7.11 Å². The molecule has 0 aliphatic carbocycles. The first-order chi connectivity index (χ1) is 12.6. The van der Waals surface area contributed by atoms with Gasteiger partial charge in [0.15, 0.2) is 5.75 Å². The average molecular weight is 367 g/mol. The van der Waals surface area contributed by atoms with Gasteiger partial charge in [-0.25, -0.2) is 15.9 Å². The minimum Gasteiger partial charge on any atom is -0.502 e. The second kappa shape index (κ2) is 12.4.